The number of amides is 2. The number of hydrogen-bond acceptors (Lipinski definition) is 4. The summed E-state index contributed by atoms with van der Waals surface area (Å²) in [4.78, 5) is 25.3. The second-order valence-corrected chi connectivity index (χ2v) is 7.76. The van der Waals surface area contributed by atoms with Gasteiger partial charge in [-0.05, 0) is 52.4 Å². The van der Waals surface area contributed by atoms with E-state index in [1.165, 1.54) is 17.7 Å². The molecule has 5 nitrogen and oxygen atoms in total. The molecule has 1 aliphatic rings. The lowest BCUT2D eigenvalue weighted by molar-refractivity contribution is -0.120. The molecule has 3 rings (SSSR count). The summed E-state index contributed by atoms with van der Waals surface area (Å²) < 4.78 is 5.64. The van der Waals surface area contributed by atoms with Gasteiger partial charge in [-0.1, -0.05) is 18.9 Å². The van der Waals surface area contributed by atoms with Gasteiger partial charge in [0, 0.05) is 16.8 Å². The second-order valence-electron chi connectivity index (χ2n) is 6.03. The molecule has 0 bridgehead atoms. The Morgan fingerprint density at radius 3 is 2.62 bits per heavy atom. The van der Waals surface area contributed by atoms with Crippen LogP contribution in [0.4, 0.5) is 0 Å². The molecule has 7 heteroatoms. The highest BCUT2D eigenvalue weighted by Gasteiger charge is 2.36. The Hall–Kier alpha value is -1.60. The van der Waals surface area contributed by atoms with E-state index >= 15 is 0 Å². The van der Waals surface area contributed by atoms with Crippen molar-refractivity contribution in [1.29, 1.82) is 0 Å². The highest BCUT2D eigenvalue weighted by atomic mass is 79.9. The molecule has 1 fully saturated rings. The Labute approximate surface area is 152 Å². The molecule has 24 heavy (non-hydrogen) atoms. The van der Waals surface area contributed by atoms with Gasteiger partial charge in [-0.2, -0.15) is 0 Å². The van der Waals surface area contributed by atoms with E-state index in [0.29, 0.717) is 11.2 Å². The molecule has 1 saturated carbocycles. The zero-order chi connectivity index (χ0) is 17.0. The summed E-state index contributed by atoms with van der Waals surface area (Å²) in [5.74, 6) is -0.401. The number of hydrogen-bond donors (Lipinski definition) is 2. The van der Waals surface area contributed by atoms with E-state index in [1.54, 1.807) is 23.5 Å². The number of carbonyl (C=O) groups excluding carboxylic acids is 2. The van der Waals surface area contributed by atoms with Gasteiger partial charge < -0.3 is 15.1 Å². The van der Waals surface area contributed by atoms with Crippen molar-refractivity contribution in [3.8, 4) is 0 Å². The van der Waals surface area contributed by atoms with Gasteiger partial charge in [0.05, 0.1) is 6.54 Å². The fourth-order valence-electron chi connectivity index (χ4n) is 3.16. The van der Waals surface area contributed by atoms with E-state index in [2.05, 4.69) is 44.1 Å². The molecule has 0 aromatic carbocycles. The number of nitrogens with one attached hydrogen (secondary N) is 2. The molecule has 2 heterocycles. The first-order chi connectivity index (χ1) is 11.6. The van der Waals surface area contributed by atoms with Crippen molar-refractivity contribution < 1.29 is 14.0 Å². The molecular formula is C17H19BrN2O3S. The van der Waals surface area contributed by atoms with Crippen LogP contribution in [0.3, 0.4) is 0 Å². The first-order valence-corrected chi connectivity index (χ1v) is 9.61. The Kier molecular flexibility index (Phi) is 5.40. The Balaban J connectivity index is 1.51. The molecule has 0 aliphatic heterocycles. The lowest BCUT2D eigenvalue weighted by Gasteiger charge is -2.28. The standard InChI is InChI=1S/C17H19BrN2O3S/c18-14-6-5-12(23-14)16(22)19-10-15(21)20-11-17(7-1-2-8-17)13-4-3-9-24-13/h3-6,9H,1-2,7-8,10-11H2,(H,19,22)(H,20,21). The predicted octanol–water partition coefficient (Wildman–Crippen LogP) is 3.46. The van der Waals surface area contributed by atoms with Gasteiger partial charge in [-0.25, -0.2) is 0 Å². The van der Waals surface area contributed by atoms with Crippen LogP contribution in [0.5, 0.6) is 0 Å². The van der Waals surface area contributed by atoms with Gasteiger partial charge in [0.2, 0.25) is 5.91 Å². The molecule has 2 N–H and O–H groups in total. The number of carbonyl (C=O) groups is 2. The lowest BCUT2D eigenvalue weighted by Crippen LogP contribution is -2.43. The second kappa shape index (κ2) is 7.53. The number of halogens is 1. The van der Waals surface area contributed by atoms with Crippen LogP contribution in [0.15, 0.2) is 38.7 Å². The van der Waals surface area contributed by atoms with Crippen molar-refractivity contribution in [2.45, 2.75) is 31.1 Å². The van der Waals surface area contributed by atoms with E-state index in [0.717, 1.165) is 12.8 Å². The normalized spacial score (nSPS) is 16.0. The first-order valence-electron chi connectivity index (χ1n) is 7.93. The summed E-state index contributed by atoms with van der Waals surface area (Å²) in [5, 5.41) is 7.63. The van der Waals surface area contributed by atoms with E-state index in [4.69, 9.17) is 4.42 Å². The summed E-state index contributed by atoms with van der Waals surface area (Å²) in [6, 6.07) is 7.41. The van der Waals surface area contributed by atoms with Gasteiger partial charge in [0.25, 0.3) is 5.91 Å². The fraction of sp³-hybridized carbons (Fsp3) is 0.412. The minimum atomic E-state index is -0.398. The molecule has 2 aromatic heterocycles. The quantitative estimate of drug-likeness (QED) is 0.765. The van der Waals surface area contributed by atoms with Crippen LogP contribution in [0.2, 0.25) is 0 Å². The highest BCUT2D eigenvalue weighted by Crippen LogP contribution is 2.42. The van der Waals surface area contributed by atoms with Crippen molar-refractivity contribution in [3.05, 3.63) is 45.0 Å². The van der Waals surface area contributed by atoms with Crippen molar-refractivity contribution in [1.82, 2.24) is 10.6 Å². The molecule has 0 radical (unpaired) electrons. The first kappa shape index (κ1) is 17.2. The van der Waals surface area contributed by atoms with E-state index < -0.39 is 5.91 Å². The van der Waals surface area contributed by atoms with Crippen LogP contribution in [-0.2, 0) is 10.2 Å². The number of rotatable bonds is 6. The number of furan rings is 1. The lowest BCUT2D eigenvalue weighted by atomic mass is 9.84. The van der Waals surface area contributed by atoms with E-state index in [1.807, 2.05) is 0 Å². The van der Waals surface area contributed by atoms with Gasteiger partial charge >= 0.3 is 0 Å². The third kappa shape index (κ3) is 3.89. The molecule has 0 unspecified atom stereocenters. The molecule has 0 atom stereocenters. The molecule has 2 aromatic rings. The maximum atomic E-state index is 12.1. The summed E-state index contributed by atoms with van der Waals surface area (Å²) >= 11 is 4.89. The zero-order valence-corrected chi connectivity index (χ0v) is 15.5. The smallest absolute Gasteiger partial charge is 0.287 e. The van der Waals surface area contributed by atoms with Crippen LogP contribution in [-0.4, -0.2) is 24.9 Å². The third-order valence-corrected chi connectivity index (χ3v) is 5.98. The maximum Gasteiger partial charge on any atom is 0.287 e. The average Bonchev–Trinajstić information content (AvgIpc) is 3.31. The van der Waals surface area contributed by atoms with Crippen LogP contribution in [0, 0.1) is 0 Å². The number of thiophene rings is 1. The molecule has 0 saturated heterocycles. The van der Waals surface area contributed by atoms with Crippen LogP contribution in [0.1, 0.15) is 41.1 Å². The summed E-state index contributed by atoms with van der Waals surface area (Å²) in [7, 11) is 0. The largest absolute Gasteiger partial charge is 0.444 e. The highest BCUT2D eigenvalue weighted by molar-refractivity contribution is 9.10. The molecule has 0 spiro atoms. The van der Waals surface area contributed by atoms with E-state index in [9.17, 15) is 9.59 Å². The Morgan fingerprint density at radius 1 is 1.21 bits per heavy atom. The van der Waals surface area contributed by atoms with Gasteiger partial charge in [-0.15, -0.1) is 11.3 Å². The molecule has 2 amide bonds. The van der Waals surface area contributed by atoms with Gasteiger partial charge in [-0.3, -0.25) is 9.59 Å². The van der Waals surface area contributed by atoms with Crippen molar-refractivity contribution in [3.63, 3.8) is 0 Å². The van der Waals surface area contributed by atoms with E-state index in [-0.39, 0.29) is 23.6 Å². The SMILES string of the molecule is O=C(CNC(=O)c1ccc(Br)o1)NCC1(c2cccs2)CCCC1. The molecule has 128 valence electrons. The van der Waals surface area contributed by atoms with Crippen molar-refractivity contribution in [2.75, 3.05) is 13.1 Å². The fourth-order valence-corrected chi connectivity index (χ4v) is 4.45. The average molecular weight is 411 g/mol. The van der Waals surface area contributed by atoms with Gasteiger partial charge in [0.1, 0.15) is 0 Å². The molecule has 1 aliphatic carbocycles. The Bertz CT molecular complexity index is 705. The van der Waals surface area contributed by atoms with Crippen LogP contribution < -0.4 is 10.6 Å². The maximum absolute atomic E-state index is 12.1. The summed E-state index contributed by atoms with van der Waals surface area (Å²) in [5.41, 5.74) is 0.0553. The van der Waals surface area contributed by atoms with Gasteiger partial charge in [0.15, 0.2) is 10.4 Å². The summed E-state index contributed by atoms with van der Waals surface area (Å²) in [6.45, 7) is 0.562. The monoisotopic (exact) mass is 410 g/mol. The minimum absolute atomic E-state index is 0.0553. The summed E-state index contributed by atoms with van der Waals surface area (Å²) in [6.07, 6.45) is 4.58. The topological polar surface area (TPSA) is 71.3 Å². The minimum Gasteiger partial charge on any atom is -0.444 e. The van der Waals surface area contributed by atoms with Crippen LogP contribution >= 0.6 is 27.3 Å². The zero-order valence-electron chi connectivity index (χ0n) is 13.1. The predicted molar refractivity (Wildman–Crippen MR) is 96.2 cm³/mol. The van der Waals surface area contributed by atoms with Crippen LogP contribution in [0.25, 0.3) is 0 Å². The Morgan fingerprint density at radius 2 is 2.00 bits per heavy atom. The van der Waals surface area contributed by atoms with Crippen molar-refractivity contribution >= 4 is 39.1 Å². The third-order valence-electron chi connectivity index (χ3n) is 4.43. The van der Waals surface area contributed by atoms with Crippen molar-refractivity contribution in [2.24, 2.45) is 0 Å². The molecular weight excluding hydrogens is 392 g/mol.